The van der Waals surface area contributed by atoms with Gasteiger partial charge in [-0.1, -0.05) is 36.4 Å². The summed E-state index contributed by atoms with van der Waals surface area (Å²) in [6.45, 7) is 4.23. The molecule has 3 aliphatic heterocycles. The van der Waals surface area contributed by atoms with Crippen LogP contribution >= 0.6 is 0 Å². The highest BCUT2D eigenvalue weighted by atomic mass is 16.2. The molecule has 152 valence electrons. The zero-order chi connectivity index (χ0) is 19.6. The van der Waals surface area contributed by atoms with E-state index in [1.165, 1.54) is 49.9 Å². The summed E-state index contributed by atoms with van der Waals surface area (Å²) >= 11 is 0. The summed E-state index contributed by atoms with van der Waals surface area (Å²) in [5.74, 6) is 0. The number of urea groups is 1. The fraction of sp³-hybridized carbons (Fsp3) is 0.480. The summed E-state index contributed by atoms with van der Waals surface area (Å²) in [6.07, 6.45) is 8.45. The van der Waals surface area contributed by atoms with Crippen molar-refractivity contribution in [2.24, 2.45) is 0 Å². The van der Waals surface area contributed by atoms with E-state index in [2.05, 4.69) is 53.4 Å². The van der Waals surface area contributed by atoms with Crippen LogP contribution in [0.2, 0.25) is 0 Å². The van der Waals surface area contributed by atoms with Crippen molar-refractivity contribution in [1.82, 2.24) is 4.90 Å². The van der Waals surface area contributed by atoms with Crippen LogP contribution in [-0.2, 0) is 6.42 Å². The van der Waals surface area contributed by atoms with Gasteiger partial charge in [0.25, 0.3) is 0 Å². The number of nitrogens with zero attached hydrogens (tertiary/aromatic N) is 2. The molecule has 5 rings (SSSR count). The monoisotopic (exact) mass is 390 g/mol. The minimum absolute atomic E-state index is 0.152. The Morgan fingerprint density at radius 1 is 0.793 bits per heavy atom. The third-order valence-corrected chi connectivity index (χ3v) is 7.02. The van der Waals surface area contributed by atoms with E-state index in [9.17, 15) is 4.79 Å². The van der Waals surface area contributed by atoms with E-state index in [1.807, 2.05) is 4.90 Å². The molecule has 0 unspecified atom stereocenters. The smallest absolute Gasteiger partial charge is 0.328 e. The highest BCUT2D eigenvalue weighted by Crippen LogP contribution is 2.40. The van der Waals surface area contributed by atoms with E-state index in [4.69, 9.17) is 0 Å². The van der Waals surface area contributed by atoms with Gasteiger partial charge < -0.3 is 9.80 Å². The molecule has 3 aliphatic rings. The van der Waals surface area contributed by atoms with Gasteiger partial charge in [-0.05, 0) is 56.2 Å². The quantitative estimate of drug-likeness (QED) is 0.780. The molecule has 2 amide bonds. The molecule has 2 fully saturated rings. The predicted molar refractivity (Wildman–Crippen MR) is 117 cm³/mol. The zero-order valence-corrected chi connectivity index (χ0v) is 17.3. The highest BCUT2D eigenvalue weighted by Gasteiger charge is 2.37. The molecule has 0 aliphatic carbocycles. The van der Waals surface area contributed by atoms with Gasteiger partial charge in [0.05, 0.1) is 24.5 Å². The number of fused-ring (bicyclic) bond motifs is 2. The lowest BCUT2D eigenvalue weighted by atomic mass is 9.95. The molecule has 2 aromatic rings. The molecule has 0 spiro atoms. The first-order valence-corrected chi connectivity index (χ1v) is 11.4. The number of carbonyl (C=O) groups excluding carboxylic acids is 1. The highest BCUT2D eigenvalue weighted by molar-refractivity contribution is 6.01. The lowest BCUT2D eigenvalue weighted by Gasteiger charge is -2.34. The maximum absolute atomic E-state index is 13.8. The van der Waals surface area contributed by atoms with Crippen molar-refractivity contribution in [2.45, 2.75) is 51.0 Å². The number of para-hydroxylation sites is 2. The number of likely N-dealkylation sites (tertiary alicyclic amines) is 2. The number of rotatable bonds is 1. The fourth-order valence-corrected chi connectivity index (χ4v) is 5.50. The number of amides is 2. The van der Waals surface area contributed by atoms with Crippen molar-refractivity contribution in [3.8, 4) is 0 Å². The second-order valence-corrected chi connectivity index (χ2v) is 8.83. The standard InChI is InChI=1S/C25H31N3O/c29-25(27-17-9-2-10-18-27)28-22-13-5-3-11-20(22)19-24(26-15-7-1-8-16-26)21-12-4-6-14-23(21)28/h3-6,11-14,24H,1-2,7-10,15-19H2/p+1/t24-/m1/s1. The summed E-state index contributed by atoms with van der Waals surface area (Å²) in [4.78, 5) is 19.5. The Morgan fingerprint density at radius 3 is 2.24 bits per heavy atom. The molecule has 1 N–H and O–H groups in total. The Balaban J connectivity index is 1.61. The Bertz CT molecular complexity index is 868. The first kappa shape index (κ1) is 18.7. The van der Waals surface area contributed by atoms with Gasteiger partial charge >= 0.3 is 6.03 Å². The second-order valence-electron chi connectivity index (χ2n) is 8.83. The zero-order valence-electron chi connectivity index (χ0n) is 17.3. The molecule has 2 saturated heterocycles. The van der Waals surface area contributed by atoms with Crippen molar-refractivity contribution in [1.29, 1.82) is 0 Å². The maximum atomic E-state index is 13.8. The molecule has 0 radical (unpaired) electrons. The third-order valence-electron chi connectivity index (χ3n) is 7.02. The van der Waals surface area contributed by atoms with Gasteiger partial charge in [-0.2, -0.15) is 0 Å². The van der Waals surface area contributed by atoms with Crippen LogP contribution in [0.15, 0.2) is 48.5 Å². The summed E-state index contributed by atoms with van der Waals surface area (Å²) in [7, 11) is 0. The van der Waals surface area contributed by atoms with E-state index in [-0.39, 0.29) is 6.03 Å². The number of carbonyl (C=O) groups is 1. The Morgan fingerprint density at radius 2 is 1.45 bits per heavy atom. The van der Waals surface area contributed by atoms with Gasteiger partial charge in [0.1, 0.15) is 6.04 Å². The van der Waals surface area contributed by atoms with Gasteiger partial charge in [0, 0.05) is 25.1 Å². The molecule has 4 heteroatoms. The molecule has 2 aromatic carbocycles. The molecule has 0 bridgehead atoms. The molecule has 29 heavy (non-hydrogen) atoms. The van der Waals surface area contributed by atoms with Crippen LogP contribution in [0, 0.1) is 0 Å². The van der Waals surface area contributed by atoms with Crippen LogP contribution in [0.5, 0.6) is 0 Å². The number of quaternary nitrogens is 1. The molecule has 0 saturated carbocycles. The Kier molecular flexibility index (Phi) is 5.28. The average Bonchev–Trinajstić information content (AvgIpc) is 2.94. The second kappa shape index (κ2) is 8.19. The summed E-state index contributed by atoms with van der Waals surface area (Å²) in [6, 6.07) is 17.8. The molecular weight excluding hydrogens is 358 g/mol. The van der Waals surface area contributed by atoms with Gasteiger partial charge in [-0.25, -0.2) is 4.79 Å². The lowest BCUT2D eigenvalue weighted by molar-refractivity contribution is -0.936. The number of hydrogen-bond acceptors (Lipinski definition) is 1. The SMILES string of the molecule is O=C(N1CCCCC1)N1c2ccccc2C[C@@H]([NH+]2CCCCC2)c2ccccc21. The van der Waals surface area contributed by atoms with Crippen LogP contribution in [-0.4, -0.2) is 37.1 Å². The molecule has 1 atom stereocenters. The van der Waals surface area contributed by atoms with Gasteiger partial charge in [-0.15, -0.1) is 0 Å². The van der Waals surface area contributed by atoms with Gasteiger partial charge in [-0.3, -0.25) is 4.90 Å². The minimum Gasteiger partial charge on any atom is -0.328 e. The van der Waals surface area contributed by atoms with Crippen LogP contribution in [0.4, 0.5) is 16.2 Å². The van der Waals surface area contributed by atoms with Crippen molar-refractivity contribution in [3.63, 3.8) is 0 Å². The Hall–Kier alpha value is -2.33. The molecule has 0 aromatic heterocycles. The predicted octanol–water partition coefficient (Wildman–Crippen LogP) is 4.10. The summed E-state index contributed by atoms with van der Waals surface area (Å²) in [5, 5.41) is 0. The Labute approximate surface area is 174 Å². The van der Waals surface area contributed by atoms with Crippen LogP contribution in [0.3, 0.4) is 0 Å². The largest absolute Gasteiger partial charge is 0.329 e. The van der Waals surface area contributed by atoms with Crippen molar-refractivity contribution >= 4 is 17.4 Å². The van der Waals surface area contributed by atoms with Gasteiger partial charge in [0.2, 0.25) is 0 Å². The number of piperidine rings is 2. The van der Waals surface area contributed by atoms with Crippen molar-refractivity contribution < 1.29 is 9.69 Å². The first-order valence-electron chi connectivity index (χ1n) is 11.4. The van der Waals surface area contributed by atoms with Crippen molar-refractivity contribution in [2.75, 3.05) is 31.1 Å². The first-order chi connectivity index (χ1) is 14.3. The summed E-state index contributed by atoms with van der Waals surface area (Å²) < 4.78 is 0. The number of hydrogen-bond donors (Lipinski definition) is 1. The third kappa shape index (κ3) is 3.55. The molecule has 4 nitrogen and oxygen atoms in total. The summed E-state index contributed by atoms with van der Waals surface area (Å²) in [5.41, 5.74) is 4.81. The topological polar surface area (TPSA) is 28.0 Å². The normalized spacial score (nSPS) is 22.6. The van der Waals surface area contributed by atoms with E-state index >= 15 is 0 Å². The van der Waals surface area contributed by atoms with E-state index in [0.717, 1.165) is 43.7 Å². The average molecular weight is 391 g/mol. The number of nitrogens with one attached hydrogen (secondary N) is 1. The number of benzene rings is 2. The van der Waals surface area contributed by atoms with Gasteiger partial charge in [0.15, 0.2) is 0 Å². The minimum atomic E-state index is 0.152. The van der Waals surface area contributed by atoms with Crippen LogP contribution in [0.1, 0.15) is 55.7 Å². The van der Waals surface area contributed by atoms with Crippen LogP contribution in [0.25, 0.3) is 0 Å². The van der Waals surface area contributed by atoms with E-state index < -0.39 is 0 Å². The molecular formula is C25H32N3O+. The molecule has 3 heterocycles. The maximum Gasteiger partial charge on any atom is 0.329 e. The lowest BCUT2D eigenvalue weighted by Crippen LogP contribution is -3.13. The van der Waals surface area contributed by atoms with E-state index in [0.29, 0.717) is 6.04 Å². The fourth-order valence-electron chi connectivity index (χ4n) is 5.50. The van der Waals surface area contributed by atoms with Crippen LogP contribution < -0.4 is 9.80 Å². The van der Waals surface area contributed by atoms with Crippen molar-refractivity contribution in [3.05, 3.63) is 59.7 Å². The van der Waals surface area contributed by atoms with E-state index in [1.54, 1.807) is 4.90 Å². The number of anilines is 2.